The van der Waals surface area contributed by atoms with Crippen molar-refractivity contribution < 1.29 is 18.3 Å². The van der Waals surface area contributed by atoms with E-state index < -0.39 is 17.7 Å². The van der Waals surface area contributed by atoms with Crippen molar-refractivity contribution in [2.75, 3.05) is 11.1 Å². The molecule has 0 fully saturated rings. The smallest absolute Gasteiger partial charge is 0.399 e. The van der Waals surface area contributed by atoms with Crippen molar-refractivity contribution in [3.05, 3.63) is 89.5 Å². The minimum atomic E-state index is -0.716. The highest BCUT2D eigenvalue weighted by atomic mass is 19.1. The van der Waals surface area contributed by atoms with Crippen molar-refractivity contribution in [2.45, 2.75) is 13.5 Å². The average molecular weight is 407 g/mol. The molecule has 5 nitrogen and oxygen atoms in total. The van der Waals surface area contributed by atoms with Crippen LogP contribution in [-0.2, 0) is 6.54 Å². The van der Waals surface area contributed by atoms with Crippen LogP contribution in [0, 0.1) is 18.6 Å². The van der Waals surface area contributed by atoms with Gasteiger partial charge in [-0.3, -0.25) is 5.32 Å². The molecule has 152 valence electrons. The summed E-state index contributed by atoms with van der Waals surface area (Å²) in [6, 6.07) is 17.6. The third kappa shape index (κ3) is 3.96. The van der Waals surface area contributed by atoms with Gasteiger partial charge in [0, 0.05) is 28.4 Å². The lowest BCUT2D eigenvalue weighted by Crippen LogP contribution is -2.19. The SMILES string of the molecule is Cc1cccc(NC(=O)Oc2cc3cc(N)ccc3n2Cc2c(F)cccc2F)c1. The number of nitrogens with two attached hydrogens (primary N) is 1. The second-order valence-electron chi connectivity index (χ2n) is 6.97. The molecule has 0 aliphatic carbocycles. The van der Waals surface area contributed by atoms with Gasteiger partial charge in [-0.05, 0) is 55.0 Å². The van der Waals surface area contributed by atoms with E-state index in [4.69, 9.17) is 10.5 Å². The van der Waals surface area contributed by atoms with Gasteiger partial charge in [0.1, 0.15) is 11.6 Å². The number of anilines is 2. The van der Waals surface area contributed by atoms with E-state index in [-0.39, 0.29) is 18.0 Å². The zero-order chi connectivity index (χ0) is 21.3. The van der Waals surface area contributed by atoms with Gasteiger partial charge in [-0.25, -0.2) is 13.6 Å². The molecule has 30 heavy (non-hydrogen) atoms. The summed E-state index contributed by atoms with van der Waals surface area (Å²) in [4.78, 5) is 12.5. The number of hydrogen-bond donors (Lipinski definition) is 2. The van der Waals surface area contributed by atoms with Gasteiger partial charge in [0.25, 0.3) is 0 Å². The lowest BCUT2D eigenvalue weighted by molar-refractivity contribution is 0.211. The predicted molar refractivity (Wildman–Crippen MR) is 113 cm³/mol. The molecule has 1 aromatic heterocycles. The van der Waals surface area contributed by atoms with Crippen LogP contribution in [0.2, 0.25) is 0 Å². The number of carbonyl (C=O) groups excluding carboxylic acids is 1. The van der Waals surface area contributed by atoms with Crippen LogP contribution in [-0.4, -0.2) is 10.7 Å². The lowest BCUT2D eigenvalue weighted by atomic mass is 10.2. The number of aromatic nitrogens is 1. The third-order valence-electron chi connectivity index (χ3n) is 4.73. The molecule has 3 N–H and O–H groups in total. The Bertz CT molecular complexity index is 1230. The number of carbonyl (C=O) groups is 1. The average Bonchev–Trinajstić information content (AvgIpc) is 3.00. The number of amides is 1. The Kier molecular flexibility index (Phi) is 5.10. The van der Waals surface area contributed by atoms with E-state index in [2.05, 4.69) is 5.32 Å². The van der Waals surface area contributed by atoms with Gasteiger partial charge in [0.05, 0.1) is 12.1 Å². The maximum Gasteiger partial charge on any atom is 0.418 e. The zero-order valence-corrected chi connectivity index (χ0v) is 16.2. The molecular weight excluding hydrogens is 388 g/mol. The Balaban J connectivity index is 1.70. The highest BCUT2D eigenvalue weighted by molar-refractivity contribution is 5.89. The number of halogens is 2. The van der Waals surface area contributed by atoms with E-state index in [1.807, 2.05) is 19.1 Å². The second-order valence-corrected chi connectivity index (χ2v) is 6.97. The van der Waals surface area contributed by atoms with Gasteiger partial charge >= 0.3 is 6.09 Å². The highest BCUT2D eigenvalue weighted by Crippen LogP contribution is 2.29. The number of fused-ring (bicyclic) bond motifs is 1. The molecule has 4 rings (SSSR count). The standard InChI is InChI=1S/C23H19F2N3O2/c1-14-4-2-5-17(10-14)27-23(29)30-22-12-15-11-16(26)8-9-21(15)28(22)13-18-19(24)6-3-7-20(18)25/h2-12H,13,26H2,1H3,(H,27,29). The van der Waals surface area contributed by atoms with Crippen LogP contribution < -0.4 is 15.8 Å². The highest BCUT2D eigenvalue weighted by Gasteiger charge is 2.18. The molecule has 0 atom stereocenters. The van der Waals surface area contributed by atoms with Crippen LogP contribution in [0.25, 0.3) is 10.9 Å². The van der Waals surface area contributed by atoms with Crippen LogP contribution in [0.5, 0.6) is 5.88 Å². The Morgan fingerprint density at radius 2 is 1.77 bits per heavy atom. The van der Waals surface area contributed by atoms with Gasteiger partial charge < -0.3 is 15.0 Å². The van der Waals surface area contributed by atoms with Crippen molar-refractivity contribution in [1.29, 1.82) is 0 Å². The number of ether oxygens (including phenoxy) is 1. The normalized spacial score (nSPS) is 10.9. The molecule has 3 aromatic carbocycles. The van der Waals surface area contributed by atoms with E-state index in [1.54, 1.807) is 36.4 Å². The molecular formula is C23H19F2N3O2. The van der Waals surface area contributed by atoms with E-state index in [0.717, 1.165) is 5.56 Å². The molecule has 0 unspecified atom stereocenters. The molecule has 0 radical (unpaired) electrons. The van der Waals surface area contributed by atoms with Crippen molar-refractivity contribution >= 4 is 28.4 Å². The maximum absolute atomic E-state index is 14.2. The molecule has 0 bridgehead atoms. The van der Waals surface area contributed by atoms with Crippen LogP contribution in [0.4, 0.5) is 25.0 Å². The van der Waals surface area contributed by atoms with Crippen molar-refractivity contribution in [3.63, 3.8) is 0 Å². The number of benzene rings is 3. The molecule has 1 heterocycles. The monoisotopic (exact) mass is 407 g/mol. The summed E-state index contributed by atoms with van der Waals surface area (Å²) in [5.41, 5.74) is 8.43. The van der Waals surface area contributed by atoms with Crippen LogP contribution in [0.1, 0.15) is 11.1 Å². The fraction of sp³-hybridized carbons (Fsp3) is 0.0870. The van der Waals surface area contributed by atoms with E-state index >= 15 is 0 Å². The van der Waals surface area contributed by atoms with Gasteiger partial charge in [-0.15, -0.1) is 0 Å². The zero-order valence-electron chi connectivity index (χ0n) is 16.2. The third-order valence-corrected chi connectivity index (χ3v) is 4.73. The molecule has 0 aliphatic rings. The van der Waals surface area contributed by atoms with Crippen molar-refractivity contribution in [1.82, 2.24) is 4.57 Å². The van der Waals surface area contributed by atoms with E-state index in [9.17, 15) is 13.6 Å². The summed E-state index contributed by atoms with van der Waals surface area (Å²) >= 11 is 0. The summed E-state index contributed by atoms with van der Waals surface area (Å²) in [6.07, 6.45) is -0.716. The Hall–Kier alpha value is -3.87. The first-order valence-corrected chi connectivity index (χ1v) is 9.28. The van der Waals surface area contributed by atoms with E-state index in [0.29, 0.717) is 22.3 Å². The Labute approximate surface area is 171 Å². The number of nitrogens with one attached hydrogen (secondary N) is 1. The number of aryl methyl sites for hydroxylation is 1. The largest absolute Gasteiger partial charge is 0.418 e. The Morgan fingerprint density at radius 3 is 2.50 bits per heavy atom. The molecule has 7 heteroatoms. The van der Waals surface area contributed by atoms with Gasteiger partial charge in [0.15, 0.2) is 0 Å². The minimum absolute atomic E-state index is 0.129. The van der Waals surface area contributed by atoms with Gasteiger partial charge in [-0.2, -0.15) is 0 Å². The second kappa shape index (κ2) is 7.87. The molecule has 4 aromatic rings. The molecule has 0 aliphatic heterocycles. The molecule has 0 spiro atoms. The first-order chi connectivity index (χ1) is 14.4. The quantitative estimate of drug-likeness (QED) is 0.441. The number of hydrogen-bond acceptors (Lipinski definition) is 3. The number of nitrogen functional groups attached to an aromatic ring is 1. The fourth-order valence-electron chi connectivity index (χ4n) is 3.31. The maximum atomic E-state index is 14.2. The molecule has 0 saturated heterocycles. The number of nitrogens with zero attached hydrogens (tertiary/aromatic N) is 1. The minimum Gasteiger partial charge on any atom is -0.399 e. The topological polar surface area (TPSA) is 69.3 Å². The van der Waals surface area contributed by atoms with Crippen LogP contribution >= 0.6 is 0 Å². The summed E-state index contributed by atoms with van der Waals surface area (Å²) in [7, 11) is 0. The van der Waals surface area contributed by atoms with Crippen LogP contribution in [0.15, 0.2) is 66.7 Å². The number of rotatable bonds is 4. The van der Waals surface area contributed by atoms with Crippen LogP contribution in [0.3, 0.4) is 0 Å². The van der Waals surface area contributed by atoms with Crippen molar-refractivity contribution in [3.8, 4) is 5.88 Å². The van der Waals surface area contributed by atoms with E-state index in [1.165, 1.54) is 22.8 Å². The van der Waals surface area contributed by atoms with Gasteiger partial charge in [0.2, 0.25) is 5.88 Å². The van der Waals surface area contributed by atoms with Gasteiger partial charge in [-0.1, -0.05) is 18.2 Å². The predicted octanol–water partition coefficient (Wildman–Crippen LogP) is 5.47. The molecule has 0 saturated carbocycles. The first-order valence-electron chi connectivity index (χ1n) is 9.28. The summed E-state index contributed by atoms with van der Waals surface area (Å²) < 4.78 is 35.5. The first kappa shape index (κ1) is 19.4. The molecule has 1 amide bonds. The summed E-state index contributed by atoms with van der Waals surface area (Å²) in [5.74, 6) is -1.21. The summed E-state index contributed by atoms with van der Waals surface area (Å²) in [6.45, 7) is 1.75. The van der Waals surface area contributed by atoms with Crippen molar-refractivity contribution in [2.24, 2.45) is 0 Å². The fourth-order valence-corrected chi connectivity index (χ4v) is 3.31. The lowest BCUT2D eigenvalue weighted by Gasteiger charge is -2.13. The summed E-state index contributed by atoms with van der Waals surface area (Å²) in [5, 5.41) is 3.34. The Morgan fingerprint density at radius 1 is 1.03 bits per heavy atom.